The number of amides is 1. The smallest absolute Gasteiger partial charge is 0.297 e. The maximum absolute atomic E-state index is 13.6. The fourth-order valence-corrected chi connectivity index (χ4v) is 4.66. The van der Waals surface area contributed by atoms with Crippen LogP contribution in [-0.2, 0) is 6.42 Å². The molecular formula is C23H18FN3O4S. The molecule has 0 spiro atoms. The van der Waals surface area contributed by atoms with Gasteiger partial charge in [0.1, 0.15) is 22.2 Å². The Bertz CT molecular complexity index is 1400. The van der Waals surface area contributed by atoms with Crippen molar-refractivity contribution in [2.24, 2.45) is 0 Å². The highest BCUT2D eigenvalue weighted by Crippen LogP contribution is 2.42. The van der Waals surface area contributed by atoms with E-state index in [1.54, 1.807) is 30.3 Å². The van der Waals surface area contributed by atoms with E-state index in [1.807, 2.05) is 13.8 Å². The van der Waals surface area contributed by atoms with Crippen molar-refractivity contribution < 1.29 is 18.3 Å². The number of rotatable bonds is 5. The summed E-state index contributed by atoms with van der Waals surface area (Å²) in [6, 6.07) is 9.82. The number of carbonyl (C=O) groups excluding carboxylic acids is 1. The van der Waals surface area contributed by atoms with Crippen molar-refractivity contribution in [1.82, 2.24) is 10.2 Å². The number of fused-ring (bicyclic) bond motifs is 2. The van der Waals surface area contributed by atoms with Gasteiger partial charge in [0.2, 0.25) is 10.9 Å². The van der Waals surface area contributed by atoms with Crippen LogP contribution in [0.4, 0.5) is 9.52 Å². The third-order valence-corrected chi connectivity index (χ3v) is 6.37. The van der Waals surface area contributed by atoms with Crippen molar-refractivity contribution in [3.8, 4) is 5.75 Å². The van der Waals surface area contributed by atoms with Crippen LogP contribution in [0.25, 0.3) is 11.0 Å². The molecule has 1 atom stereocenters. The Morgan fingerprint density at radius 1 is 1.12 bits per heavy atom. The van der Waals surface area contributed by atoms with E-state index in [9.17, 15) is 14.0 Å². The first-order chi connectivity index (χ1) is 15.5. The Balaban J connectivity index is 1.76. The average Bonchev–Trinajstić information content (AvgIpc) is 3.37. The Labute approximate surface area is 186 Å². The van der Waals surface area contributed by atoms with Crippen molar-refractivity contribution in [3.63, 3.8) is 0 Å². The van der Waals surface area contributed by atoms with Crippen LogP contribution in [0.2, 0.25) is 0 Å². The van der Waals surface area contributed by atoms with Gasteiger partial charge in [0.25, 0.3) is 5.91 Å². The molecule has 0 saturated carbocycles. The van der Waals surface area contributed by atoms with Crippen molar-refractivity contribution in [1.29, 1.82) is 0 Å². The highest BCUT2D eigenvalue weighted by molar-refractivity contribution is 7.15. The van der Waals surface area contributed by atoms with Crippen molar-refractivity contribution >= 4 is 33.3 Å². The maximum atomic E-state index is 13.6. The van der Waals surface area contributed by atoms with E-state index in [4.69, 9.17) is 9.15 Å². The summed E-state index contributed by atoms with van der Waals surface area (Å²) in [5.41, 5.74) is 0.713. The summed E-state index contributed by atoms with van der Waals surface area (Å²) in [6.07, 6.45) is 0.662. The van der Waals surface area contributed by atoms with Crippen molar-refractivity contribution in [2.45, 2.75) is 26.3 Å². The topological polar surface area (TPSA) is 85.5 Å². The van der Waals surface area contributed by atoms with E-state index < -0.39 is 17.8 Å². The zero-order chi connectivity index (χ0) is 22.4. The molecular weight excluding hydrogens is 433 g/mol. The lowest BCUT2D eigenvalue weighted by Crippen LogP contribution is -2.29. The lowest BCUT2D eigenvalue weighted by molar-refractivity contribution is 0.0970. The number of nitrogens with zero attached hydrogens (tertiary/aromatic N) is 3. The van der Waals surface area contributed by atoms with Gasteiger partial charge in [-0.05, 0) is 43.2 Å². The second-order valence-corrected chi connectivity index (χ2v) is 8.27. The number of hydrogen-bond acceptors (Lipinski definition) is 7. The highest BCUT2D eigenvalue weighted by Gasteiger charge is 2.45. The van der Waals surface area contributed by atoms with E-state index in [2.05, 4.69) is 10.2 Å². The van der Waals surface area contributed by atoms with Gasteiger partial charge < -0.3 is 9.15 Å². The number of hydrogen-bond donors (Lipinski definition) is 0. The van der Waals surface area contributed by atoms with Crippen molar-refractivity contribution in [3.05, 3.63) is 80.4 Å². The lowest BCUT2D eigenvalue weighted by atomic mass is 9.98. The van der Waals surface area contributed by atoms with Crippen LogP contribution in [0.1, 0.15) is 46.6 Å². The average molecular weight is 451 g/mol. The minimum Gasteiger partial charge on any atom is -0.494 e. The summed E-state index contributed by atoms with van der Waals surface area (Å²) in [6.45, 7) is 4.25. The Kier molecular flexibility index (Phi) is 4.97. The second-order valence-electron chi connectivity index (χ2n) is 7.23. The first-order valence-corrected chi connectivity index (χ1v) is 11.0. The molecule has 2 aromatic heterocycles. The van der Waals surface area contributed by atoms with Crippen molar-refractivity contribution in [2.75, 3.05) is 11.5 Å². The summed E-state index contributed by atoms with van der Waals surface area (Å²) < 4.78 is 25.1. The standard InChI is InChI=1S/C23H18FN3O4S/c1-3-17-25-26-23(32-17)27-19(12-5-7-13(24)8-6-12)18-20(28)15-10-9-14(30-4-2)11-16(15)31-21(18)22(27)29/h5-11,19H,3-4H2,1-2H3. The minimum absolute atomic E-state index is 0.0567. The van der Waals surface area contributed by atoms with Crippen LogP contribution in [-0.4, -0.2) is 22.7 Å². The van der Waals surface area contributed by atoms with Crippen LogP contribution in [0.5, 0.6) is 5.75 Å². The van der Waals surface area contributed by atoms with Crippen LogP contribution in [0.3, 0.4) is 0 Å². The summed E-state index contributed by atoms with van der Waals surface area (Å²) in [5, 5.41) is 9.73. The largest absolute Gasteiger partial charge is 0.494 e. The highest BCUT2D eigenvalue weighted by atomic mass is 32.1. The molecule has 1 aliphatic heterocycles. The van der Waals surface area contributed by atoms with E-state index >= 15 is 0 Å². The van der Waals surface area contributed by atoms with Gasteiger partial charge in [0, 0.05) is 6.07 Å². The molecule has 0 bridgehead atoms. The zero-order valence-corrected chi connectivity index (χ0v) is 18.1. The Hall–Kier alpha value is -3.59. The first-order valence-electron chi connectivity index (χ1n) is 10.2. The fraction of sp³-hybridized carbons (Fsp3) is 0.217. The van der Waals surface area contributed by atoms with Crippen LogP contribution in [0.15, 0.2) is 51.7 Å². The first kappa shape index (κ1) is 20.3. The van der Waals surface area contributed by atoms with E-state index in [0.717, 1.165) is 5.01 Å². The number of ether oxygens (including phenoxy) is 1. The predicted octanol–water partition coefficient (Wildman–Crippen LogP) is 4.49. The lowest BCUT2D eigenvalue weighted by Gasteiger charge is -2.22. The molecule has 162 valence electrons. The summed E-state index contributed by atoms with van der Waals surface area (Å²) in [7, 11) is 0. The molecule has 32 heavy (non-hydrogen) atoms. The van der Waals surface area contributed by atoms with E-state index in [0.29, 0.717) is 34.9 Å². The molecule has 0 saturated heterocycles. The van der Waals surface area contributed by atoms with Gasteiger partial charge in [0.15, 0.2) is 5.43 Å². The summed E-state index contributed by atoms with van der Waals surface area (Å²) in [4.78, 5) is 28.4. The zero-order valence-electron chi connectivity index (χ0n) is 17.3. The maximum Gasteiger partial charge on any atom is 0.297 e. The predicted molar refractivity (Wildman–Crippen MR) is 118 cm³/mol. The van der Waals surface area contributed by atoms with Gasteiger partial charge in [-0.25, -0.2) is 4.39 Å². The van der Waals surface area contributed by atoms with Gasteiger partial charge in [0.05, 0.1) is 23.6 Å². The SMILES string of the molecule is CCOc1ccc2c(=O)c3c(oc2c1)C(=O)N(c1nnc(CC)s1)C3c1ccc(F)cc1. The number of anilines is 1. The Morgan fingerprint density at radius 3 is 2.59 bits per heavy atom. The Morgan fingerprint density at radius 2 is 1.91 bits per heavy atom. The molecule has 1 aliphatic rings. The molecule has 0 N–H and O–H groups in total. The number of aromatic nitrogens is 2. The molecule has 0 radical (unpaired) electrons. The number of benzene rings is 2. The normalized spacial score (nSPS) is 15.4. The van der Waals surface area contributed by atoms with Gasteiger partial charge in [-0.3, -0.25) is 14.5 Å². The van der Waals surface area contributed by atoms with Crippen LogP contribution < -0.4 is 15.1 Å². The third kappa shape index (κ3) is 3.16. The molecule has 3 heterocycles. The molecule has 1 amide bonds. The molecule has 0 fully saturated rings. The number of carbonyl (C=O) groups is 1. The summed E-state index contributed by atoms with van der Waals surface area (Å²) in [5.74, 6) is -0.423. The number of halogens is 1. The van der Waals surface area contributed by atoms with Gasteiger partial charge in [-0.2, -0.15) is 0 Å². The van der Waals surface area contributed by atoms with Crippen LogP contribution >= 0.6 is 11.3 Å². The van der Waals surface area contributed by atoms with E-state index in [1.165, 1.54) is 28.4 Å². The van der Waals surface area contributed by atoms with Crippen LogP contribution in [0, 0.1) is 5.82 Å². The minimum atomic E-state index is -0.803. The third-order valence-electron chi connectivity index (χ3n) is 5.31. The van der Waals surface area contributed by atoms with Gasteiger partial charge >= 0.3 is 0 Å². The molecule has 4 aromatic rings. The van der Waals surface area contributed by atoms with Gasteiger partial charge in [-0.15, -0.1) is 10.2 Å². The molecule has 2 aromatic carbocycles. The monoisotopic (exact) mass is 451 g/mol. The van der Waals surface area contributed by atoms with E-state index in [-0.39, 0.29) is 22.3 Å². The number of aryl methyl sites for hydroxylation is 1. The van der Waals surface area contributed by atoms with Gasteiger partial charge in [-0.1, -0.05) is 30.4 Å². The molecule has 7 nitrogen and oxygen atoms in total. The quantitative estimate of drug-likeness (QED) is 0.444. The molecule has 0 aliphatic carbocycles. The molecule has 5 rings (SSSR count). The fourth-order valence-electron chi connectivity index (χ4n) is 3.85. The summed E-state index contributed by atoms with van der Waals surface area (Å²) >= 11 is 1.27. The molecule has 9 heteroatoms. The second kappa shape index (κ2) is 7.83. The molecule has 1 unspecified atom stereocenters.